The van der Waals surface area contributed by atoms with Crippen LogP contribution in [0.4, 0.5) is 19.0 Å². The minimum absolute atomic E-state index is 0.0176. The van der Waals surface area contributed by atoms with Crippen LogP contribution in [0.25, 0.3) is 5.65 Å². The lowest BCUT2D eigenvalue weighted by Gasteiger charge is -2.30. The second-order valence-corrected chi connectivity index (χ2v) is 8.18. The Balaban J connectivity index is 1.38. The molecule has 1 aliphatic rings. The SMILES string of the molecule is COc1ccc(C(=O)NC2CCC(Nc3c(Cl)ccc4nc(C(F)(F)F)cn34)CC2)cc1. The van der Waals surface area contributed by atoms with Crippen molar-refractivity contribution in [3.8, 4) is 5.75 Å². The maximum Gasteiger partial charge on any atom is 0.434 e. The van der Waals surface area contributed by atoms with Gasteiger partial charge in [-0.2, -0.15) is 13.2 Å². The number of nitrogens with zero attached hydrogens (tertiary/aromatic N) is 2. The summed E-state index contributed by atoms with van der Waals surface area (Å²) in [5.74, 6) is 0.926. The Bertz CT molecular complexity index is 1110. The van der Waals surface area contributed by atoms with Gasteiger partial charge in [-0.15, -0.1) is 0 Å². The summed E-state index contributed by atoms with van der Waals surface area (Å²) in [6, 6.07) is 9.93. The maximum absolute atomic E-state index is 13.1. The first kappa shape index (κ1) is 22.3. The Labute approximate surface area is 187 Å². The summed E-state index contributed by atoms with van der Waals surface area (Å²) in [6.07, 6.45) is -0.627. The Kier molecular flexibility index (Phi) is 6.19. The van der Waals surface area contributed by atoms with E-state index >= 15 is 0 Å². The predicted octanol–water partition coefficient (Wildman–Crippen LogP) is 5.17. The third-order valence-corrected chi connectivity index (χ3v) is 5.93. The van der Waals surface area contributed by atoms with Crippen molar-refractivity contribution < 1.29 is 22.7 Å². The molecule has 2 aromatic heterocycles. The van der Waals surface area contributed by atoms with Crippen LogP contribution < -0.4 is 15.4 Å². The first-order valence-electron chi connectivity index (χ1n) is 10.2. The Hall–Kier alpha value is -2.94. The number of amides is 1. The predicted molar refractivity (Wildman–Crippen MR) is 115 cm³/mol. The number of pyridine rings is 1. The number of benzene rings is 1. The maximum atomic E-state index is 13.1. The molecule has 0 unspecified atom stereocenters. The zero-order valence-electron chi connectivity index (χ0n) is 17.2. The number of halogens is 4. The summed E-state index contributed by atoms with van der Waals surface area (Å²) < 4.78 is 45.6. The van der Waals surface area contributed by atoms with Crippen LogP contribution in [-0.4, -0.2) is 34.5 Å². The molecule has 0 spiro atoms. The highest BCUT2D eigenvalue weighted by atomic mass is 35.5. The highest BCUT2D eigenvalue weighted by molar-refractivity contribution is 6.33. The van der Waals surface area contributed by atoms with Crippen LogP contribution >= 0.6 is 11.6 Å². The van der Waals surface area contributed by atoms with Gasteiger partial charge in [-0.05, 0) is 62.1 Å². The fourth-order valence-corrected chi connectivity index (χ4v) is 4.10. The number of rotatable bonds is 5. The largest absolute Gasteiger partial charge is 0.497 e. The van der Waals surface area contributed by atoms with Gasteiger partial charge in [0.15, 0.2) is 5.69 Å². The number of methoxy groups -OCH3 is 1. The summed E-state index contributed by atoms with van der Waals surface area (Å²) in [7, 11) is 1.57. The number of ether oxygens (including phenoxy) is 1. The molecule has 6 nitrogen and oxygen atoms in total. The Morgan fingerprint density at radius 3 is 2.38 bits per heavy atom. The van der Waals surface area contributed by atoms with Crippen molar-refractivity contribution in [1.29, 1.82) is 0 Å². The van der Waals surface area contributed by atoms with E-state index in [-0.39, 0.29) is 23.6 Å². The highest BCUT2D eigenvalue weighted by Crippen LogP contribution is 2.32. The molecule has 32 heavy (non-hydrogen) atoms. The number of carbonyl (C=O) groups excluding carboxylic acids is 1. The fraction of sp³-hybridized carbons (Fsp3) is 0.364. The molecule has 4 rings (SSSR count). The topological polar surface area (TPSA) is 67.7 Å². The molecular formula is C22H22ClF3N4O2. The minimum Gasteiger partial charge on any atom is -0.497 e. The molecule has 0 aliphatic heterocycles. The van der Waals surface area contributed by atoms with Gasteiger partial charge < -0.3 is 15.4 Å². The molecule has 10 heteroatoms. The standard InChI is InChI=1S/C22H22ClF3N4O2/c1-32-16-8-2-13(3-9-16)21(31)28-15-6-4-14(5-7-15)27-20-17(23)10-11-19-29-18(12-30(19)20)22(24,25)26/h2-3,8-12,14-15,27H,4-7H2,1H3,(H,28,31). The van der Waals surface area contributed by atoms with Crippen molar-refractivity contribution in [1.82, 2.24) is 14.7 Å². The quantitative estimate of drug-likeness (QED) is 0.544. The van der Waals surface area contributed by atoms with Gasteiger partial charge in [0.2, 0.25) is 0 Å². The molecule has 1 aliphatic carbocycles. The van der Waals surface area contributed by atoms with Crippen LogP contribution in [0.3, 0.4) is 0 Å². The van der Waals surface area contributed by atoms with Crippen LogP contribution in [0, 0.1) is 0 Å². The van der Waals surface area contributed by atoms with Gasteiger partial charge in [0.1, 0.15) is 17.2 Å². The second kappa shape index (κ2) is 8.90. The number of alkyl halides is 3. The van der Waals surface area contributed by atoms with Crippen molar-refractivity contribution in [2.45, 2.75) is 43.9 Å². The average molecular weight is 467 g/mol. The van der Waals surface area contributed by atoms with Crippen LogP contribution in [0.1, 0.15) is 41.7 Å². The molecular weight excluding hydrogens is 445 g/mol. The van der Waals surface area contributed by atoms with E-state index in [0.717, 1.165) is 31.9 Å². The normalized spacial score (nSPS) is 19.0. The van der Waals surface area contributed by atoms with Gasteiger partial charge in [0, 0.05) is 23.8 Å². The third-order valence-electron chi connectivity index (χ3n) is 5.62. The molecule has 2 heterocycles. The van der Waals surface area contributed by atoms with Gasteiger partial charge in [0.05, 0.1) is 12.1 Å². The van der Waals surface area contributed by atoms with Crippen molar-refractivity contribution in [3.63, 3.8) is 0 Å². The van der Waals surface area contributed by atoms with Gasteiger partial charge in [0.25, 0.3) is 5.91 Å². The molecule has 3 aromatic rings. The zero-order valence-corrected chi connectivity index (χ0v) is 18.0. The Morgan fingerprint density at radius 1 is 1.09 bits per heavy atom. The molecule has 1 saturated carbocycles. The van der Waals surface area contributed by atoms with E-state index in [2.05, 4.69) is 15.6 Å². The lowest BCUT2D eigenvalue weighted by atomic mass is 9.91. The number of nitrogens with one attached hydrogen (secondary N) is 2. The van der Waals surface area contributed by atoms with E-state index < -0.39 is 11.9 Å². The number of aromatic nitrogens is 2. The van der Waals surface area contributed by atoms with E-state index in [9.17, 15) is 18.0 Å². The molecule has 0 atom stereocenters. The number of anilines is 1. The zero-order chi connectivity index (χ0) is 22.9. The average Bonchev–Trinajstić information content (AvgIpc) is 3.22. The van der Waals surface area contributed by atoms with E-state index in [0.29, 0.717) is 22.2 Å². The second-order valence-electron chi connectivity index (χ2n) is 7.78. The monoisotopic (exact) mass is 466 g/mol. The van der Waals surface area contributed by atoms with Gasteiger partial charge >= 0.3 is 6.18 Å². The van der Waals surface area contributed by atoms with Crippen molar-refractivity contribution >= 4 is 29.0 Å². The lowest BCUT2D eigenvalue weighted by Crippen LogP contribution is -2.40. The van der Waals surface area contributed by atoms with Gasteiger partial charge in [-0.1, -0.05) is 11.6 Å². The van der Waals surface area contributed by atoms with Crippen LogP contribution in [0.2, 0.25) is 5.02 Å². The molecule has 1 aromatic carbocycles. The number of fused-ring (bicyclic) bond motifs is 1. The van der Waals surface area contributed by atoms with Gasteiger partial charge in [-0.25, -0.2) is 4.98 Å². The van der Waals surface area contributed by atoms with Crippen molar-refractivity contribution in [3.05, 3.63) is 58.9 Å². The highest BCUT2D eigenvalue weighted by Gasteiger charge is 2.34. The summed E-state index contributed by atoms with van der Waals surface area (Å²) >= 11 is 6.27. The lowest BCUT2D eigenvalue weighted by molar-refractivity contribution is -0.140. The van der Waals surface area contributed by atoms with Crippen molar-refractivity contribution in [2.24, 2.45) is 0 Å². The third kappa shape index (κ3) is 4.77. The van der Waals surface area contributed by atoms with Crippen LogP contribution in [0.15, 0.2) is 42.6 Å². The summed E-state index contributed by atoms with van der Waals surface area (Å²) in [5, 5.41) is 6.63. The molecule has 1 amide bonds. The molecule has 0 bridgehead atoms. The Morgan fingerprint density at radius 2 is 1.75 bits per heavy atom. The van der Waals surface area contributed by atoms with Crippen molar-refractivity contribution in [2.75, 3.05) is 12.4 Å². The number of hydrogen-bond acceptors (Lipinski definition) is 4. The number of hydrogen-bond donors (Lipinski definition) is 2. The number of imidazole rings is 1. The van der Waals surface area contributed by atoms with Gasteiger partial charge in [-0.3, -0.25) is 9.20 Å². The van der Waals surface area contributed by atoms with E-state index in [4.69, 9.17) is 16.3 Å². The van der Waals surface area contributed by atoms with E-state index in [1.807, 2.05) is 0 Å². The van der Waals surface area contributed by atoms with Crippen LogP contribution in [0.5, 0.6) is 5.75 Å². The van der Waals surface area contributed by atoms with E-state index in [1.165, 1.54) is 16.5 Å². The summed E-state index contributed by atoms with van der Waals surface area (Å²) in [6.45, 7) is 0. The van der Waals surface area contributed by atoms with Crippen LogP contribution in [-0.2, 0) is 6.18 Å². The molecule has 0 radical (unpaired) electrons. The fourth-order valence-electron chi connectivity index (χ4n) is 3.89. The molecule has 2 N–H and O–H groups in total. The summed E-state index contributed by atoms with van der Waals surface area (Å²) in [5.41, 5.74) is -0.234. The minimum atomic E-state index is -4.53. The summed E-state index contributed by atoms with van der Waals surface area (Å²) in [4.78, 5) is 16.1. The first-order chi connectivity index (χ1) is 15.2. The molecule has 170 valence electrons. The number of carbonyl (C=O) groups is 1. The molecule has 0 saturated heterocycles. The van der Waals surface area contributed by atoms with E-state index in [1.54, 1.807) is 31.4 Å². The smallest absolute Gasteiger partial charge is 0.434 e. The molecule has 1 fully saturated rings. The first-order valence-corrected chi connectivity index (χ1v) is 10.6.